The van der Waals surface area contributed by atoms with E-state index in [9.17, 15) is 0 Å². The van der Waals surface area contributed by atoms with Crippen LogP contribution in [0.25, 0.3) is 0 Å². The first-order valence-corrected chi connectivity index (χ1v) is 7.93. The van der Waals surface area contributed by atoms with Crippen molar-refractivity contribution in [3.05, 3.63) is 10.6 Å². The van der Waals surface area contributed by atoms with Crippen LogP contribution in [0.1, 0.15) is 43.3 Å². The van der Waals surface area contributed by atoms with E-state index in [2.05, 4.69) is 31.1 Å². The number of aromatic nitrogens is 1. The summed E-state index contributed by atoms with van der Waals surface area (Å²) in [7, 11) is 4.14. The highest BCUT2D eigenvalue weighted by Gasteiger charge is 2.24. The lowest BCUT2D eigenvalue weighted by Gasteiger charge is -2.19. The fourth-order valence-corrected chi connectivity index (χ4v) is 3.61. The highest BCUT2D eigenvalue weighted by Crippen LogP contribution is 2.36. The molecule has 0 radical (unpaired) electrons. The van der Waals surface area contributed by atoms with Gasteiger partial charge < -0.3 is 15.0 Å². The van der Waals surface area contributed by atoms with E-state index in [-0.39, 0.29) is 0 Å². The molecule has 1 N–H and O–H groups in total. The molecule has 0 aromatic carbocycles. The second-order valence-electron chi connectivity index (χ2n) is 5.38. The number of rotatable bonds is 6. The number of fused-ring (bicyclic) bond motifs is 1. The van der Waals surface area contributed by atoms with Crippen molar-refractivity contribution < 1.29 is 4.74 Å². The number of hydrogen-bond acceptors (Lipinski definition) is 5. The van der Waals surface area contributed by atoms with Gasteiger partial charge in [-0.1, -0.05) is 11.3 Å². The van der Waals surface area contributed by atoms with E-state index in [4.69, 9.17) is 9.72 Å². The van der Waals surface area contributed by atoms with E-state index in [0.29, 0.717) is 12.1 Å². The van der Waals surface area contributed by atoms with Crippen LogP contribution in [0.15, 0.2) is 0 Å². The molecule has 4 nitrogen and oxygen atoms in total. The fraction of sp³-hybridized carbons (Fsp3) is 0.786. The lowest BCUT2D eigenvalue weighted by molar-refractivity contribution is 0.0846. The molecule has 0 spiro atoms. The molecule has 0 amide bonds. The summed E-state index contributed by atoms with van der Waals surface area (Å²) in [4.78, 5) is 8.43. The molecule has 0 bridgehead atoms. The van der Waals surface area contributed by atoms with Gasteiger partial charge in [0, 0.05) is 24.5 Å². The third-order valence-electron chi connectivity index (χ3n) is 3.49. The van der Waals surface area contributed by atoms with Crippen molar-refractivity contribution in [1.29, 1.82) is 0 Å². The second kappa shape index (κ2) is 6.68. The van der Waals surface area contributed by atoms with Gasteiger partial charge in [0.2, 0.25) is 0 Å². The van der Waals surface area contributed by atoms with E-state index < -0.39 is 0 Å². The number of likely N-dealkylation sites (N-methyl/N-ethyl adjacent to an activating group) is 1. The van der Waals surface area contributed by atoms with Crippen LogP contribution in [0.2, 0.25) is 0 Å². The summed E-state index contributed by atoms with van der Waals surface area (Å²) in [6.07, 6.45) is 3.89. The van der Waals surface area contributed by atoms with E-state index >= 15 is 0 Å². The van der Waals surface area contributed by atoms with E-state index in [0.717, 1.165) is 24.7 Å². The van der Waals surface area contributed by atoms with Crippen molar-refractivity contribution in [3.8, 4) is 0 Å². The van der Waals surface area contributed by atoms with Crippen LogP contribution < -0.4 is 10.2 Å². The Balaban J connectivity index is 1.99. The Morgan fingerprint density at radius 2 is 2.32 bits per heavy atom. The minimum absolute atomic E-state index is 0.298. The first-order valence-electron chi connectivity index (χ1n) is 7.11. The van der Waals surface area contributed by atoms with Crippen molar-refractivity contribution in [1.82, 2.24) is 10.3 Å². The third kappa shape index (κ3) is 3.68. The van der Waals surface area contributed by atoms with Crippen LogP contribution in [0.5, 0.6) is 0 Å². The van der Waals surface area contributed by atoms with Gasteiger partial charge in [0.05, 0.1) is 18.4 Å². The molecule has 0 saturated heterocycles. The maximum Gasteiger partial charge on any atom is 0.185 e. The average Bonchev–Trinajstić information content (AvgIpc) is 2.81. The monoisotopic (exact) mass is 283 g/mol. The Morgan fingerprint density at radius 1 is 1.53 bits per heavy atom. The molecule has 1 aromatic heterocycles. The molecule has 1 heterocycles. The van der Waals surface area contributed by atoms with E-state index in [1.165, 1.54) is 23.4 Å². The van der Waals surface area contributed by atoms with Crippen molar-refractivity contribution >= 4 is 16.5 Å². The van der Waals surface area contributed by atoms with Crippen LogP contribution in [-0.4, -0.2) is 38.3 Å². The molecular weight excluding hydrogens is 258 g/mol. The number of nitrogens with one attached hydrogen (secondary N) is 1. The first-order chi connectivity index (χ1) is 9.11. The summed E-state index contributed by atoms with van der Waals surface area (Å²) in [5, 5.41) is 4.52. The molecule has 0 fully saturated rings. The van der Waals surface area contributed by atoms with Gasteiger partial charge in [0.25, 0.3) is 0 Å². The molecular formula is C14H25N3OS. The lowest BCUT2D eigenvalue weighted by Crippen LogP contribution is -2.23. The minimum Gasteiger partial charge on any atom is -0.377 e. The smallest absolute Gasteiger partial charge is 0.185 e. The summed E-state index contributed by atoms with van der Waals surface area (Å²) in [5.74, 6) is 0. The fourth-order valence-electron chi connectivity index (χ4n) is 2.37. The van der Waals surface area contributed by atoms with Gasteiger partial charge in [0.15, 0.2) is 5.13 Å². The van der Waals surface area contributed by atoms with Crippen LogP contribution in [-0.2, 0) is 11.2 Å². The molecule has 0 saturated carbocycles. The zero-order valence-electron chi connectivity index (χ0n) is 12.4. The van der Waals surface area contributed by atoms with Crippen LogP contribution in [0.3, 0.4) is 0 Å². The van der Waals surface area contributed by atoms with Gasteiger partial charge in [0.1, 0.15) is 0 Å². The highest BCUT2D eigenvalue weighted by molar-refractivity contribution is 7.15. The summed E-state index contributed by atoms with van der Waals surface area (Å²) in [6.45, 7) is 5.79. The standard InChI is InChI=1S/C14H25N3OS/c1-10(2)18-9-8-17(4)14-16-12-7-5-6-11(15-3)13(12)19-14/h10-11,15H,5-9H2,1-4H3. The maximum atomic E-state index is 5.60. The number of nitrogens with zero attached hydrogens (tertiary/aromatic N) is 2. The average molecular weight is 283 g/mol. The molecule has 5 heteroatoms. The van der Waals surface area contributed by atoms with Gasteiger partial charge in [-0.3, -0.25) is 0 Å². The SMILES string of the molecule is CNC1CCCc2nc(N(C)CCOC(C)C)sc21. The van der Waals surface area contributed by atoms with Crippen LogP contribution in [0, 0.1) is 0 Å². The van der Waals surface area contributed by atoms with Gasteiger partial charge in [-0.2, -0.15) is 0 Å². The minimum atomic E-state index is 0.298. The normalized spacial score (nSPS) is 18.7. The van der Waals surface area contributed by atoms with E-state index in [1.54, 1.807) is 0 Å². The Labute approximate surface area is 120 Å². The van der Waals surface area contributed by atoms with Crippen molar-refractivity contribution in [2.24, 2.45) is 0 Å². The largest absolute Gasteiger partial charge is 0.377 e. The quantitative estimate of drug-likeness (QED) is 0.871. The number of aryl methyl sites for hydroxylation is 1. The summed E-state index contributed by atoms with van der Waals surface area (Å²) >= 11 is 1.83. The topological polar surface area (TPSA) is 37.4 Å². The second-order valence-corrected chi connectivity index (χ2v) is 6.39. The lowest BCUT2D eigenvalue weighted by atomic mass is 9.98. The van der Waals surface area contributed by atoms with Crippen molar-refractivity contribution in [3.63, 3.8) is 0 Å². The Kier molecular flexibility index (Phi) is 5.19. The predicted octanol–water partition coefficient (Wildman–Crippen LogP) is 2.60. The molecule has 19 heavy (non-hydrogen) atoms. The molecule has 1 aliphatic rings. The summed E-state index contributed by atoms with van der Waals surface area (Å²) in [6, 6.07) is 0.496. The zero-order valence-corrected chi connectivity index (χ0v) is 13.2. The first kappa shape index (κ1) is 14.8. The Bertz CT molecular complexity index is 405. The Morgan fingerprint density at radius 3 is 3.00 bits per heavy atom. The number of anilines is 1. The van der Waals surface area contributed by atoms with Gasteiger partial charge in [-0.05, 0) is 40.2 Å². The van der Waals surface area contributed by atoms with Crippen LogP contribution >= 0.6 is 11.3 Å². The van der Waals surface area contributed by atoms with Gasteiger partial charge >= 0.3 is 0 Å². The predicted molar refractivity (Wildman–Crippen MR) is 81.2 cm³/mol. The summed E-state index contributed by atoms with van der Waals surface area (Å²) < 4.78 is 5.60. The van der Waals surface area contributed by atoms with Crippen LogP contribution in [0.4, 0.5) is 5.13 Å². The maximum absolute atomic E-state index is 5.60. The van der Waals surface area contributed by atoms with E-state index in [1.807, 2.05) is 18.4 Å². The number of hydrogen-bond donors (Lipinski definition) is 1. The molecule has 108 valence electrons. The number of thiazole rings is 1. The zero-order chi connectivity index (χ0) is 13.8. The van der Waals surface area contributed by atoms with Crippen molar-refractivity contribution in [2.75, 3.05) is 32.1 Å². The summed E-state index contributed by atoms with van der Waals surface area (Å²) in [5.41, 5.74) is 1.29. The molecule has 1 unspecified atom stereocenters. The van der Waals surface area contributed by atoms with Gasteiger partial charge in [-0.15, -0.1) is 0 Å². The molecule has 2 rings (SSSR count). The number of ether oxygens (including phenoxy) is 1. The molecule has 1 atom stereocenters. The Hall–Kier alpha value is -0.650. The highest BCUT2D eigenvalue weighted by atomic mass is 32.1. The molecule has 1 aliphatic carbocycles. The van der Waals surface area contributed by atoms with Crippen molar-refractivity contribution in [2.45, 2.75) is 45.3 Å². The molecule has 0 aliphatic heterocycles. The molecule has 1 aromatic rings. The third-order valence-corrected chi connectivity index (χ3v) is 4.82. The van der Waals surface area contributed by atoms with Gasteiger partial charge in [-0.25, -0.2) is 4.98 Å².